The van der Waals surface area contributed by atoms with Crippen molar-refractivity contribution in [1.29, 1.82) is 0 Å². The third-order valence-corrected chi connectivity index (χ3v) is 5.44. The molecular formula is C20H27F3N2O4. The van der Waals surface area contributed by atoms with Gasteiger partial charge in [-0.2, -0.15) is 13.2 Å². The normalized spacial score (nSPS) is 27.1. The smallest absolute Gasteiger partial charge is 0.475 e. The number of alkyl halides is 3. The average molecular weight is 416 g/mol. The standard InChI is InChI=1S/C18H26N2O2.C2HF3O2/c1-2-9-19-15(3-1)11-20-10-8-18-17(20)7-6-16(22-18)13-21-12-14-4-5-14;3-2(4,5)1(6)7/h1-3,9,14,16-18H,4-8,10-13H2;(H,6,7)/t16-,17-,18-;/m1./s1. The summed E-state index contributed by atoms with van der Waals surface area (Å²) in [4.78, 5) is 15.9. The lowest BCUT2D eigenvalue weighted by molar-refractivity contribution is -0.192. The highest BCUT2D eigenvalue weighted by atomic mass is 19.4. The number of carboxylic acid groups (broad SMARTS) is 1. The number of aromatic nitrogens is 1. The third kappa shape index (κ3) is 6.94. The summed E-state index contributed by atoms with van der Waals surface area (Å²) in [7, 11) is 0. The van der Waals surface area contributed by atoms with Gasteiger partial charge in [-0.1, -0.05) is 6.07 Å². The van der Waals surface area contributed by atoms with Crippen LogP contribution in [0.5, 0.6) is 0 Å². The van der Waals surface area contributed by atoms with Crippen LogP contribution >= 0.6 is 0 Å². The molecule has 0 radical (unpaired) electrons. The second-order valence-electron chi connectivity index (χ2n) is 7.81. The van der Waals surface area contributed by atoms with E-state index in [9.17, 15) is 13.2 Å². The Bertz CT molecular complexity index is 655. The predicted molar refractivity (Wildman–Crippen MR) is 98.2 cm³/mol. The van der Waals surface area contributed by atoms with E-state index in [0.717, 1.165) is 50.8 Å². The van der Waals surface area contributed by atoms with Crippen LogP contribution in [0.3, 0.4) is 0 Å². The molecule has 0 bridgehead atoms. The molecule has 1 aromatic rings. The van der Waals surface area contributed by atoms with E-state index in [2.05, 4.69) is 22.0 Å². The largest absolute Gasteiger partial charge is 0.490 e. The van der Waals surface area contributed by atoms with E-state index in [4.69, 9.17) is 19.4 Å². The van der Waals surface area contributed by atoms with E-state index < -0.39 is 12.1 Å². The van der Waals surface area contributed by atoms with Gasteiger partial charge in [-0.3, -0.25) is 9.88 Å². The third-order valence-electron chi connectivity index (χ3n) is 5.44. The zero-order valence-electron chi connectivity index (χ0n) is 16.2. The van der Waals surface area contributed by atoms with E-state index in [0.29, 0.717) is 18.2 Å². The van der Waals surface area contributed by atoms with E-state index >= 15 is 0 Å². The van der Waals surface area contributed by atoms with Crippen molar-refractivity contribution in [3.05, 3.63) is 30.1 Å². The van der Waals surface area contributed by atoms with E-state index in [1.54, 1.807) is 0 Å². The molecule has 2 saturated heterocycles. The zero-order valence-corrected chi connectivity index (χ0v) is 16.2. The lowest BCUT2D eigenvalue weighted by Gasteiger charge is -2.35. The summed E-state index contributed by atoms with van der Waals surface area (Å²) >= 11 is 0. The summed E-state index contributed by atoms with van der Waals surface area (Å²) in [5, 5.41) is 7.12. The quantitative estimate of drug-likeness (QED) is 0.768. The van der Waals surface area contributed by atoms with Crippen molar-refractivity contribution in [3.8, 4) is 0 Å². The highest BCUT2D eigenvalue weighted by molar-refractivity contribution is 5.73. The van der Waals surface area contributed by atoms with Crippen LogP contribution in [0.15, 0.2) is 24.4 Å². The first kappa shape index (κ1) is 22.0. The van der Waals surface area contributed by atoms with Crippen molar-refractivity contribution in [2.45, 2.75) is 63.1 Å². The van der Waals surface area contributed by atoms with Crippen molar-refractivity contribution in [2.75, 3.05) is 19.8 Å². The second-order valence-corrected chi connectivity index (χ2v) is 7.81. The number of carboxylic acids is 1. The van der Waals surface area contributed by atoms with Gasteiger partial charge in [0.25, 0.3) is 0 Å². The minimum Gasteiger partial charge on any atom is -0.475 e. The molecule has 2 aliphatic heterocycles. The maximum Gasteiger partial charge on any atom is 0.490 e. The van der Waals surface area contributed by atoms with Gasteiger partial charge in [0.05, 0.1) is 24.5 Å². The minimum absolute atomic E-state index is 0.315. The number of nitrogens with zero attached hydrogens (tertiary/aromatic N) is 2. The van der Waals surface area contributed by atoms with Gasteiger partial charge in [0.2, 0.25) is 0 Å². The molecular weight excluding hydrogens is 389 g/mol. The number of ether oxygens (including phenoxy) is 2. The number of hydrogen-bond acceptors (Lipinski definition) is 5. The number of rotatable bonds is 6. The van der Waals surface area contributed by atoms with Crippen LogP contribution in [0.4, 0.5) is 13.2 Å². The van der Waals surface area contributed by atoms with Crippen molar-refractivity contribution < 1.29 is 32.5 Å². The molecule has 162 valence electrons. The number of hydrogen-bond donors (Lipinski definition) is 1. The lowest BCUT2D eigenvalue weighted by Crippen LogP contribution is -2.43. The number of likely N-dealkylation sites (tertiary alicyclic amines) is 1. The Hall–Kier alpha value is -1.71. The number of carbonyl (C=O) groups is 1. The topological polar surface area (TPSA) is 71.9 Å². The number of pyridine rings is 1. The molecule has 6 nitrogen and oxygen atoms in total. The Kier molecular flexibility index (Phi) is 7.48. The molecule has 0 amide bonds. The highest BCUT2D eigenvalue weighted by Gasteiger charge is 2.40. The molecule has 1 aliphatic carbocycles. The average Bonchev–Trinajstić information content (AvgIpc) is 3.43. The first-order chi connectivity index (χ1) is 13.8. The van der Waals surface area contributed by atoms with Crippen LogP contribution < -0.4 is 0 Å². The maximum absolute atomic E-state index is 10.6. The van der Waals surface area contributed by atoms with Crippen LogP contribution in [-0.2, 0) is 20.8 Å². The van der Waals surface area contributed by atoms with Crippen molar-refractivity contribution in [2.24, 2.45) is 5.92 Å². The number of halogens is 3. The van der Waals surface area contributed by atoms with Gasteiger partial charge in [0.1, 0.15) is 0 Å². The van der Waals surface area contributed by atoms with Crippen LogP contribution in [0.25, 0.3) is 0 Å². The van der Waals surface area contributed by atoms with Gasteiger partial charge in [-0.15, -0.1) is 0 Å². The molecule has 1 saturated carbocycles. The van der Waals surface area contributed by atoms with Crippen molar-refractivity contribution in [1.82, 2.24) is 9.88 Å². The Labute approximate surface area is 168 Å². The highest BCUT2D eigenvalue weighted by Crippen LogP contribution is 2.33. The van der Waals surface area contributed by atoms with Gasteiger partial charge < -0.3 is 14.6 Å². The molecule has 0 unspecified atom stereocenters. The van der Waals surface area contributed by atoms with Gasteiger partial charge in [-0.25, -0.2) is 4.79 Å². The van der Waals surface area contributed by atoms with Crippen molar-refractivity contribution in [3.63, 3.8) is 0 Å². The molecule has 0 spiro atoms. The fourth-order valence-electron chi connectivity index (χ4n) is 3.75. The van der Waals surface area contributed by atoms with Crippen LogP contribution in [0, 0.1) is 5.92 Å². The SMILES string of the molecule is O=C(O)C(F)(F)F.c1ccc(CN2CC[C@H]3O[C@@H](COCC4CC4)CC[C@H]32)nc1. The lowest BCUT2D eigenvalue weighted by atomic mass is 9.99. The summed E-state index contributed by atoms with van der Waals surface area (Å²) in [5.41, 5.74) is 1.16. The molecule has 3 atom stereocenters. The zero-order chi connectivity index (χ0) is 20.9. The monoisotopic (exact) mass is 416 g/mol. The fourth-order valence-corrected chi connectivity index (χ4v) is 3.75. The molecule has 9 heteroatoms. The second kappa shape index (κ2) is 9.86. The number of fused-ring (bicyclic) bond motifs is 1. The summed E-state index contributed by atoms with van der Waals surface area (Å²) in [6.45, 7) is 3.81. The summed E-state index contributed by atoms with van der Waals surface area (Å²) in [6, 6.07) is 6.74. The molecule has 3 aliphatic rings. The van der Waals surface area contributed by atoms with Gasteiger partial charge in [-0.05, 0) is 50.2 Å². The Morgan fingerprint density at radius 1 is 1.21 bits per heavy atom. The van der Waals surface area contributed by atoms with E-state index in [1.165, 1.54) is 19.3 Å². The van der Waals surface area contributed by atoms with Crippen LogP contribution in [0.2, 0.25) is 0 Å². The maximum atomic E-state index is 10.6. The van der Waals surface area contributed by atoms with Crippen molar-refractivity contribution >= 4 is 5.97 Å². The first-order valence-corrected chi connectivity index (χ1v) is 10.00. The first-order valence-electron chi connectivity index (χ1n) is 10.00. The predicted octanol–water partition coefficient (Wildman–Crippen LogP) is 3.26. The van der Waals surface area contributed by atoms with E-state index in [1.807, 2.05) is 12.3 Å². The van der Waals surface area contributed by atoms with Gasteiger partial charge in [0.15, 0.2) is 0 Å². The summed E-state index contributed by atoms with van der Waals surface area (Å²) in [5.74, 6) is -1.91. The molecule has 3 fully saturated rings. The molecule has 0 aromatic carbocycles. The minimum atomic E-state index is -5.08. The Morgan fingerprint density at radius 3 is 2.59 bits per heavy atom. The van der Waals surface area contributed by atoms with Crippen LogP contribution in [-0.4, -0.2) is 65.1 Å². The molecule has 1 aromatic heterocycles. The van der Waals surface area contributed by atoms with Gasteiger partial charge >= 0.3 is 12.1 Å². The molecule has 3 heterocycles. The Balaban J connectivity index is 0.000000298. The fraction of sp³-hybridized carbons (Fsp3) is 0.700. The van der Waals surface area contributed by atoms with Gasteiger partial charge in [0, 0.05) is 31.9 Å². The number of aliphatic carboxylic acids is 1. The van der Waals surface area contributed by atoms with Crippen LogP contribution in [0.1, 0.15) is 37.8 Å². The molecule has 1 N–H and O–H groups in total. The molecule has 29 heavy (non-hydrogen) atoms. The molecule has 4 rings (SSSR count). The summed E-state index contributed by atoms with van der Waals surface area (Å²) in [6.07, 6.45) is 3.74. The Morgan fingerprint density at radius 2 is 1.97 bits per heavy atom. The van der Waals surface area contributed by atoms with E-state index in [-0.39, 0.29) is 0 Å². The summed E-state index contributed by atoms with van der Waals surface area (Å²) < 4.78 is 43.8.